The molecule has 9 nitrogen and oxygen atoms in total. The number of carbonyl (C=O) groups is 3. The van der Waals surface area contributed by atoms with Crippen molar-refractivity contribution in [2.24, 2.45) is 0 Å². The molecular weight excluding hydrogens is 428 g/mol. The minimum Gasteiger partial charge on any atom is -0.497 e. The molecule has 1 aromatic carbocycles. The summed E-state index contributed by atoms with van der Waals surface area (Å²) in [6, 6.07) is 6.83. The summed E-state index contributed by atoms with van der Waals surface area (Å²) >= 11 is 0. The molecule has 0 heterocycles. The highest BCUT2D eigenvalue weighted by atomic mass is 16.7. The molecule has 180 valence electrons. The predicted molar refractivity (Wildman–Crippen MR) is 122 cm³/mol. The first-order valence-electron chi connectivity index (χ1n) is 11.1. The molecule has 0 saturated carbocycles. The summed E-state index contributed by atoms with van der Waals surface area (Å²) in [7, 11) is 1.55. The molecule has 33 heavy (non-hydrogen) atoms. The van der Waals surface area contributed by atoms with Gasteiger partial charge in [0.1, 0.15) is 11.5 Å². The summed E-state index contributed by atoms with van der Waals surface area (Å²) in [6.45, 7) is 8.31. The van der Waals surface area contributed by atoms with Crippen LogP contribution in [0, 0.1) is 0 Å². The fourth-order valence-electron chi connectivity index (χ4n) is 2.98. The van der Waals surface area contributed by atoms with Gasteiger partial charge in [-0.3, -0.25) is 10.2 Å². The Morgan fingerprint density at radius 2 is 1.67 bits per heavy atom. The van der Waals surface area contributed by atoms with Crippen LogP contribution in [-0.2, 0) is 19.0 Å². The molecule has 1 N–H and O–H groups in total. The first-order valence-corrected chi connectivity index (χ1v) is 11.1. The van der Waals surface area contributed by atoms with Crippen molar-refractivity contribution in [2.45, 2.75) is 52.4 Å². The smallest absolute Gasteiger partial charge is 0.497 e. The van der Waals surface area contributed by atoms with Gasteiger partial charge >= 0.3 is 12.2 Å². The van der Waals surface area contributed by atoms with E-state index >= 15 is 0 Å². The Kier molecular flexibility index (Phi) is 10.3. The summed E-state index contributed by atoms with van der Waals surface area (Å²) in [4.78, 5) is 37.5. The number of hydrazine groups is 1. The van der Waals surface area contributed by atoms with Crippen molar-refractivity contribution < 1.29 is 33.3 Å². The number of anilines is 1. The Morgan fingerprint density at radius 3 is 2.27 bits per heavy atom. The highest BCUT2D eigenvalue weighted by Crippen LogP contribution is 2.31. The van der Waals surface area contributed by atoms with Crippen molar-refractivity contribution in [1.29, 1.82) is 0 Å². The average Bonchev–Trinajstić information content (AvgIpc) is 3.17. The third-order valence-electron chi connectivity index (χ3n) is 4.86. The number of hydrogen-bond acceptors (Lipinski definition) is 8. The number of Topliss-reactive ketones (excluding diaryl/α,β-unsaturated/α-hetero) is 1. The van der Waals surface area contributed by atoms with E-state index in [0.29, 0.717) is 24.3 Å². The maximum Gasteiger partial charge on any atom is 0.513 e. The van der Waals surface area contributed by atoms with E-state index in [1.54, 1.807) is 31.4 Å². The van der Waals surface area contributed by atoms with Crippen LogP contribution in [0.1, 0.15) is 52.4 Å². The molecule has 0 atom stereocenters. The van der Waals surface area contributed by atoms with E-state index in [2.05, 4.69) is 12.0 Å². The van der Waals surface area contributed by atoms with Crippen molar-refractivity contribution in [3.63, 3.8) is 0 Å². The van der Waals surface area contributed by atoms with Crippen molar-refractivity contribution in [3.8, 4) is 5.75 Å². The quantitative estimate of drug-likeness (QED) is 0.253. The van der Waals surface area contributed by atoms with Crippen LogP contribution in [0.4, 0.5) is 15.3 Å². The molecule has 0 aliphatic heterocycles. The maximum absolute atomic E-state index is 12.8. The molecule has 0 radical (unpaired) electrons. The Morgan fingerprint density at radius 1 is 1.03 bits per heavy atom. The van der Waals surface area contributed by atoms with Crippen LogP contribution < -0.4 is 10.2 Å². The van der Waals surface area contributed by atoms with Crippen LogP contribution in [0.5, 0.6) is 5.75 Å². The van der Waals surface area contributed by atoms with E-state index in [0.717, 1.165) is 17.9 Å². The minimum absolute atomic E-state index is 0.0196. The van der Waals surface area contributed by atoms with Crippen LogP contribution in [0.25, 0.3) is 0 Å². The van der Waals surface area contributed by atoms with Crippen LogP contribution in [0.15, 0.2) is 47.9 Å². The van der Waals surface area contributed by atoms with E-state index < -0.39 is 12.2 Å². The number of amides is 1. The fourth-order valence-corrected chi connectivity index (χ4v) is 2.98. The van der Waals surface area contributed by atoms with Gasteiger partial charge in [0, 0.05) is 12.8 Å². The Labute approximate surface area is 194 Å². The van der Waals surface area contributed by atoms with Gasteiger partial charge in [-0.15, -0.1) is 0 Å². The lowest BCUT2D eigenvalue weighted by molar-refractivity contribution is -0.114. The second-order valence-corrected chi connectivity index (χ2v) is 7.37. The first kappa shape index (κ1) is 25.8. The number of methoxy groups -OCH3 is 1. The molecule has 2 rings (SSSR count). The highest BCUT2D eigenvalue weighted by molar-refractivity contribution is 6.03. The number of rotatable bonds is 12. The molecule has 0 fully saturated rings. The van der Waals surface area contributed by atoms with Crippen molar-refractivity contribution in [3.05, 3.63) is 47.9 Å². The summed E-state index contributed by atoms with van der Waals surface area (Å²) < 4.78 is 20.8. The number of ether oxygens (including phenoxy) is 4. The van der Waals surface area contributed by atoms with Crippen molar-refractivity contribution >= 4 is 23.7 Å². The van der Waals surface area contributed by atoms with Gasteiger partial charge < -0.3 is 18.9 Å². The molecule has 0 saturated heterocycles. The van der Waals surface area contributed by atoms with Gasteiger partial charge in [0.15, 0.2) is 5.78 Å². The first-order chi connectivity index (χ1) is 15.9. The molecule has 1 aliphatic carbocycles. The number of unbranched alkanes of at least 4 members (excludes halogenated alkanes) is 2. The zero-order valence-corrected chi connectivity index (χ0v) is 19.5. The molecule has 9 heteroatoms. The second kappa shape index (κ2) is 13.1. The third-order valence-corrected chi connectivity index (χ3v) is 4.86. The molecule has 0 bridgehead atoms. The van der Waals surface area contributed by atoms with Crippen molar-refractivity contribution in [1.82, 2.24) is 5.01 Å². The lowest BCUT2D eigenvalue weighted by Gasteiger charge is -2.26. The molecule has 0 unspecified atom stereocenters. The van der Waals surface area contributed by atoms with Gasteiger partial charge in [0.2, 0.25) is 0 Å². The standard InChI is InChI=1S/C24H32N2O7/c1-5-7-15-31-23(28)26(25-18-9-11-19(30-4)12-10-18)17(3)22-20(27)13-14-21(22)33-24(29)32-16-8-6-2/h9-12,25H,3,5-8,13-16H2,1-2,4H3. The topological polar surface area (TPSA) is 103 Å². The minimum atomic E-state index is -0.890. The van der Waals surface area contributed by atoms with E-state index in [1.807, 2.05) is 13.8 Å². The number of ketones is 1. The summed E-state index contributed by atoms with van der Waals surface area (Å²) in [5, 5.41) is 1.04. The number of hydrogen-bond donors (Lipinski definition) is 1. The normalized spacial score (nSPS) is 12.9. The monoisotopic (exact) mass is 460 g/mol. The van der Waals surface area contributed by atoms with Crippen LogP contribution in [-0.4, -0.2) is 43.4 Å². The molecular formula is C24H32N2O7. The largest absolute Gasteiger partial charge is 0.513 e. The summed E-state index contributed by atoms with van der Waals surface area (Å²) in [5.41, 5.74) is 3.53. The van der Waals surface area contributed by atoms with Crippen LogP contribution >= 0.6 is 0 Å². The number of nitrogens with one attached hydrogen (secondary N) is 1. The zero-order valence-electron chi connectivity index (χ0n) is 19.5. The van der Waals surface area contributed by atoms with Gasteiger partial charge in [0.05, 0.1) is 37.3 Å². The van der Waals surface area contributed by atoms with Crippen LogP contribution in [0.2, 0.25) is 0 Å². The second-order valence-electron chi connectivity index (χ2n) is 7.37. The Hall–Kier alpha value is -3.49. The van der Waals surface area contributed by atoms with Gasteiger partial charge in [-0.2, -0.15) is 5.01 Å². The number of benzene rings is 1. The Balaban J connectivity index is 2.26. The van der Waals surface area contributed by atoms with E-state index in [4.69, 9.17) is 18.9 Å². The van der Waals surface area contributed by atoms with Gasteiger partial charge in [-0.1, -0.05) is 33.3 Å². The van der Waals surface area contributed by atoms with E-state index in [-0.39, 0.29) is 48.9 Å². The lowest BCUT2D eigenvalue weighted by Crippen LogP contribution is -2.37. The highest BCUT2D eigenvalue weighted by Gasteiger charge is 2.33. The maximum atomic E-state index is 12.8. The molecule has 0 aromatic heterocycles. The molecule has 1 aromatic rings. The molecule has 0 spiro atoms. The summed E-state index contributed by atoms with van der Waals surface area (Å²) in [5.74, 6) is 0.469. The fraction of sp³-hybridized carbons (Fsp3) is 0.458. The molecule has 1 aliphatic rings. The lowest BCUT2D eigenvalue weighted by atomic mass is 10.1. The average molecular weight is 461 g/mol. The van der Waals surface area contributed by atoms with E-state index in [1.165, 1.54) is 0 Å². The Bertz CT molecular complexity index is 877. The predicted octanol–water partition coefficient (Wildman–Crippen LogP) is 5.34. The number of nitrogens with zero attached hydrogens (tertiary/aromatic N) is 1. The summed E-state index contributed by atoms with van der Waals surface area (Å²) in [6.07, 6.45) is 1.82. The van der Waals surface area contributed by atoms with Crippen LogP contribution in [0.3, 0.4) is 0 Å². The van der Waals surface area contributed by atoms with Crippen molar-refractivity contribution in [2.75, 3.05) is 25.7 Å². The zero-order chi connectivity index (χ0) is 24.2. The SMILES string of the molecule is C=C(C1=C(OC(=O)OCCCC)CCC1=O)N(Nc1ccc(OC)cc1)C(=O)OCCCC. The van der Waals surface area contributed by atoms with E-state index in [9.17, 15) is 14.4 Å². The van der Waals surface area contributed by atoms with Gasteiger partial charge in [-0.25, -0.2) is 9.59 Å². The molecule has 1 amide bonds. The van der Waals surface area contributed by atoms with Gasteiger partial charge in [0.25, 0.3) is 0 Å². The van der Waals surface area contributed by atoms with Gasteiger partial charge in [-0.05, 0) is 37.1 Å². The number of carbonyl (C=O) groups excluding carboxylic acids is 3. The number of allylic oxidation sites excluding steroid dienone is 2. The third kappa shape index (κ3) is 7.55.